The molecule has 0 atom stereocenters. The van der Waals surface area contributed by atoms with Crippen molar-refractivity contribution in [2.24, 2.45) is 4.99 Å². The van der Waals surface area contributed by atoms with Crippen LogP contribution in [0.4, 0.5) is 0 Å². The lowest BCUT2D eigenvalue weighted by atomic mass is 9.69. The van der Waals surface area contributed by atoms with Gasteiger partial charge in [0.05, 0.1) is 14.2 Å². The Kier molecular flexibility index (Phi) is 11.3. The van der Waals surface area contributed by atoms with Crippen LogP contribution in [-0.2, 0) is 10.2 Å². The Hall–Kier alpha value is -1.71. The molecule has 1 aliphatic carbocycles. The Balaban J connectivity index is 0.00000450. The van der Waals surface area contributed by atoms with E-state index in [1.54, 1.807) is 40.3 Å². The standard InChI is InChI=1S/C22H36N4O3.HI/c1-23-21(24-14-11-20(27)26(2)3)25-16-22(12-7-6-8-13-22)17-9-10-18(28-4)19(15-17)29-5;/h9-10,15H,6-8,11-14,16H2,1-5H3,(H2,23,24,25);1H. The molecule has 1 saturated carbocycles. The molecule has 2 N–H and O–H groups in total. The second-order valence-electron chi connectivity index (χ2n) is 7.80. The first-order valence-corrected chi connectivity index (χ1v) is 10.3. The molecule has 1 fully saturated rings. The molecule has 0 aliphatic heterocycles. The quantitative estimate of drug-likeness (QED) is 0.306. The van der Waals surface area contributed by atoms with Gasteiger partial charge in [-0.1, -0.05) is 25.3 Å². The zero-order chi connectivity index (χ0) is 21.3. The summed E-state index contributed by atoms with van der Waals surface area (Å²) >= 11 is 0. The maximum atomic E-state index is 11.8. The molecule has 0 spiro atoms. The highest BCUT2D eigenvalue weighted by Crippen LogP contribution is 2.42. The van der Waals surface area contributed by atoms with Gasteiger partial charge in [0.2, 0.25) is 5.91 Å². The molecule has 0 aromatic heterocycles. The van der Waals surface area contributed by atoms with Gasteiger partial charge < -0.3 is 25.0 Å². The maximum Gasteiger partial charge on any atom is 0.223 e. The molecule has 7 nitrogen and oxygen atoms in total. The molecule has 1 aromatic carbocycles. The molecular weight excluding hydrogens is 495 g/mol. The molecule has 0 unspecified atom stereocenters. The number of hydrogen-bond donors (Lipinski definition) is 2. The van der Waals surface area contributed by atoms with Gasteiger partial charge in [-0.2, -0.15) is 0 Å². The van der Waals surface area contributed by atoms with E-state index < -0.39 is 0 Å². The van der Waals surface area contributed by atoms with E-state index in [0.717, 1.165) is 36.8 Å². The number of aliphatic imine (C=N–C) groups is 1. The van der Waals surface area contributed by atoms with E-state index >= 15 is 0 Å². The van der Waals surface area contributed by atoms with Gasteiger partial charge in [0.25, 0.3) is 0 Å². The van der Waals surface area contributed by atoms with Crippen molar-refractivity contribution in [3.05, 3.63) is 23.8 Å². The number of amides is 1. The fraction of sp³-hybridized carbons (Fsp3) is 0.636. The van der Waals surface area contributed by atoms with Crippen LogP contribution in [0.3, 0.4) is 0 Å². The van der Waals surface area contributed by atoms with Crippen molar-refractivity contribution in [3.63, 3.8) is 0 Å². The lowest BCUT2D eigenvalue weighted by Crippen LogP contribution is -2.47. The first-order chi connectivity index (χ1) is 14.0. The van der Waals surface area contributed by atoms with Crippen molar-refractivity contribution in [2.75, 3.05) is 48.5 Å². The first-order valence-electron chi connectivity index (χ1n) is 10.3. The van der Waals surface area contributed by atoms with Crippen molar-refractivity contribution in [3.8, 4) is 11.5 Å². The van der Waals surface area contributed by atoms with Crippen molar-refractivity contribution in [1.82, 2.24) is 15.5 Å². The van der Waals surface area contributed by atoms with Crippen LogP contribution in [0.1, 0.15) is 44.1 Å². The first kappa shape index (κ1) is 26.3. The molecule has 0 radical (unpaired) electrons. The van der Waals surface area contributed by atoms with Crippen LogP contribution >= 0.6 is 24.0 Å². The molecule has 30 heavy (non-hydrogen) atoms. The van der Waals surface area contributed by atoms with Crippen LogP contribution in [-0.4, -0.2) is 65.2 Å². The zero-order valence-corrected chi connectivity index (χ0v) is 21.2. The van der Waals surface area contributed by atoms with Gasteiger partial charge >= 0.3 is 0 Å². The third-order valence-electron chi connectivity index (χ3n) is 5.75. The summed E-state index contributed by atoms with van der Waals surface area (Å²) in [6.45, 7) is 1.34. The number of nitrogens with zero attached hydrogens (tertiary/aromatic N) is 2. The number of ether oxygens (including phenoxy) is 2. The summed E-state index contributed by atoms with van der Waals surface area (Å²) in [7, 11) is 8.63. The number of guanidine groups is 1. The van der Waals surface area contributed by atoms with Crippen LogP contribution in [0.15, 0.2) is 23.2 Å². The Morgan fingerprint density at radius 2 is 1.77 bits per heavy atom. The summed E-state index contributed by atoms with van der Waals surface area (Å²) in [5, 5.41) is 6.74. The van der Waals surface area contributed by atoms with E-state index in [4.69, 9.17) is 9.47 Å². The monoisotopic (exact) mass is 532 g/mol. The molecular formula is C22H37IN4O3. The molecule has 1 amide bonds. The molecule has 0 heterocycles. The van der Waals surface area contributed by atoms with Crippen LogP contribution in [0, 0.1) is 0 Å². The van der Waals surface area contributed by atoms with E-state index in [2.05, 4.69) is 27.8 Å². The Morgan fingerprint density at radius 3 is 2.33 bits per heavy atom. The lowest BCUT2D eigenvalue weighted by Gasteiger charge is -2.38. The number of carbonyl (C=O) groups is 1. The van der Waals surface area contributed by atoms with Crippen LogP contribution in [0.25, 0.3) is 0 Å². The van der Waals surface area contributed by atoms with Crippen LogP contribution < -0.4 is 20.1 Å². The van der Waals surface area contributed by atoms with E-state index in [0.29, 0.717) is 13.0 Å². The van der Waals surface area contributed by atoms with Crippen molar-refractivity contribution in [2.45, 2.75) is 43.9 Å². The van der Waals surface area contributed by atoms with Gasteiger partial charge in [0.15, 0.2) is 17.5 Å². The van der Waals surface area contributed by atoms with Crippen molar-refractivity contribution in [1.29, 1.82) is 0 Å². The van der Waals surface area contributed by atoms with Crippen molar-refractivity contribution < 1.29 is 14.3 Å². The van der Waals surface area contributed by atoms with Gasteiger partial charge in [-0.25, -0.2) is 0 Å². The molecule has 1 aromatic rings. The topological polar surface area (TPSA) is 75.2 Å². The molecule has 8 heteroatoms. The highest BCUT2D eigenvalue weighted by atomic mass is 127. The number of halogens is 1. The number of rotatable bonds is 8. The van der Waals surface area contributed by atoms with Gasteiger partial charge in [0.1, 0.15) is 0 Å². The summed E-state index contributed by atoms with van der Waals surface area (Å²) in [6.07, 6.45) is 6.36. The molecule has 170 valence electrons. The maximum absolute atomic E-state index is 11.8. The largest absolute Gasteiger partial charge is 0.493 e. The van der Waals surface area contributed by atoms with Gasteiger partial charge in [-0.05, 0) is 30.5 Å². The summed E-state index contributed by atoms with van der Waals surface area (Å²) in [5.41, 5.74) is 1.29. The predicted molar refractivity (Wildman–Crippen MR) is 132 cm³/mol. The minimum absolute atomic E-state index is 0. The summed E-state index contributed by atoms with van der Waals surface area (Å²) < 4.78 is 10.9. The highest BCUT2D eigenvalue weighted by molar-refractivity contribution is 14.0. The average molecular weight is 532 g/mol. The van der Waals surface area contributed by atoms with E-state index in [1.807, 2.05) is 6.07 Å². The minimum Gasteiger partial charge on any atom is -0.493 e. The summed E-state index contributed by atoms with van der Waals surface area (Å²) in [6, 6.07) is 6.25. The summed E-state index contributed by atoms with van der Waals surface area (Å²) in [4.78, 5) is 17.7. The number of nitrogens with one attached hydrogen (secondary N) is 2. The molecule has 0 bridgehead atoms. The van der Waals surface area contributed by atoms with Gasteiger partial charge in [-0.3, -0.25) is 9.79 Å². The number of hydrogen-bond acceptors (Lipinski definition) is 4. The molecule has 1 aliphatic rings. The number of benzene rings is 1. The number of methoxy groups -OCH3 is 2. The van der Waals surface area contributed by atoms with E-state index in [-0.39, 0.29) is 35.3 Å². The fourth-order valence-corrected chi connectivity index (χ4v) is 3.95. The van der Waals surface area contributed by atoms with Crippen LogP contribution in [0.2, 0.25) is 0 Å². The normalized spacial score (nSPS) is 15.6. The Labute approximate surface area is 198 Å². The lowest BCUT2D eigenvalue weighted by molar-refractivity contribution is -0.128. The second-order valence-corrected chi connectivity index (χ2v) is 7.80. The van der Waals surface area contributed by atoms with E-state index in [1.165, 1.54) is 24.8 Å². The number of carbonyl (C=O) groups excluding carboxylic acids is 1. The third kappa shape index (κ3) is 6.92. The SMILES string of the molecule is CN=C(NCCC(=O)N(C)C)NCC1(c2ccc(OC)c(OC)c2)CCCCC1.I. The van der Waals surface area contributed by atoms with Crippen molar-refractivity contribution >= 4 is 35.8 Å². The summed E-state index contributed by atoms with van der Waals surface area (Å²) in [5.74, 6) is 2.34. The smallest absolute Gasteiger partial charge is 0.223 e. The Morgan fingerprint density at radius 1 is 1.10 bits per heavy atom. The van der Waals surface area contributed by atoms with Gasteiger partial charge in [-0.15, -0.1) is 24.0 Å². The van der Waals surface area contributed by atoms with E-state index in [9.17, 15) is 4.79 Å². The highest BCUT2D eigenvalue weighted by Gasteiger charge is 2.34. The van der Waals surface area contributed by atoms with Crippen LogP contribution in [0.5, 0.6) is 11.5 Å². The third-order valence-corrected chi connectivity index (χ3v) is 5.75. The second kappa shape index (κ2) is 12.9. The zero-order valence-electron chi connectivity index (χ0n) is 18.9. The predicted octanol–water partition coefficient (Wildman–Crippen LogP) is 3.17. The molecule has 2 rings (SSSR count). The molecule has 0 saturated heterocycles. The van der Waals surface area contributed by atoms with Gasteiger partial charge in [0, 0.05) is 46.1 Å². The Bertz CT molecular complexity index is 704. The fourth-order valence-electron chi connectivity index (χ4n) is 3.95. The minimum atomic E-state index is 0. The average Bonchev–Trinajstić information content (AvgIpc) is 2.75.